The van der Waals surface area contributed by atoms with E-state index in [9.17, 15) is 28.9 Å². The van der Waals surface area contributed by atoms with Crippen molar-refractivity contribution in [2.45, 2.75) is 251 Å². The Morgan fingerprint density at radius 1 is 0.385 bits per heavy atom. The zero-order chi connectivity index (χ0) is 56.9. The number of phosphoric acid groups is 1. The molecule has 3 unspecified atom stereocenters. The maximum absolute atomic E-state index is 12.9. The highest BCUT2D eigenvalue weighted by atomic mass is 31.2. The number of hydrogen-bond acceptors (Lipinski definition) is 10. The monoisotopic (exact) mass is 1110 g/mol. The summed E-state index contributed by atoms with van der Waals surface area (Å²) in [6.45, 7) is 4.27. The highest BCUT2D eigenvalue weighted by molar-refractivity contribution is 7.47. The molecular formula is C66H109O11P. The summed E-state index contributed by atoms with van der Waals surface area (Å²) in [5.41, 5.74) is 0. The van der Waals surface area contributed by atoms with Crippen molar-refractivity contribution in [3.05, 3.63) is 122 Å². The summed E-state index contributed by atoms with van der Waals surface area (Å²) in [7, 11) is -4.79. The van der Waals surface area contributed by atoms with Crippen LogP contribution in [0.1, 0.15) is 239 Å². The van der Waals surface area contributed by atoms with Gasteiger partial charge in [0.25, 0.3) is 0 Å². The topological polar surface area (TPSA) is 155 Å². The molecule has 0 rings (SSSR count). The molecule has 0 saturated heterocycles. The summed E-state index contributed by atoms with van der Waals surface area (Å²) < 4.78 is 39.5. The molecule has 0 aliphatic heterocycles. The number of allylic oxidation sites excluding steroid dienone is 19. The molecule has 12 heteroatoms. The molecule has 0 aromatic rings. The van der Waals surface area contributed by atoms with E-state index in [2.05, 4.69) is 118 Å². The van der Waals surface area contributed by atoms with Crippen molar-refractivity contribution in [1.29, 1.82) is 0 Å². The second-order valence-electron chi connectivity index (χ2n) is 19.8. The van der Waals surface area contributed by atoms with Gasteiger partial charge in [-0.25, -0.2) is 4.57 Å². The summed E-state index contributed by atoms with van der Waals surface area (Å²) in [5, 5.41) is 9.81. The average molecular weight is 1110 g/mol. The third kappa shape index (κ3) is 56.6. The second-order valence-corrected chi connectivity index (χ2v) is 21.2. The van der Waals surface area contributed by atoms with Crippen molar-refractivity contribution in [2.75, 3.05) is 26.4 Å². The lowest BCUT2D eigenvalue weighted by atomic mass is 10.1. The van der Waals surface area contributed by atoms with Crippen molar-refractivity contribution in [1.82, 2.24) is 0 Å². The minimum absolute atomic E-state index is 0.0610. The average Bonchev–Trinajstić information content (AvgIpc) is 3.43. The van der Waals surface area contributed by atoms with Gasteiger partial charge in [-0.15, -0.1) is 0 Å². The Hall–Kier alpha value is -4.12. The van der Waals surface area contributed by atoms with Crippen LogP contribution >= 0.6 is 7.82 Å². The molecule has 0 spiro atoms. The molecule has 0 aliphatic carbocycles. The molecule has 0 aromatic carbocycles. The van der Waals surface area contributed by atoms with Gasteiger partial charge in [-0.3, -0.25) is 23.4 Å². The number of aliphatic hydroxyl groups excluding tert-OH is 1. The standard InChI is InChI=1S/C66H109O11P/c1-4-7-10-13-16-19-22-25-28-30-31-33-35-37-40-43-46-49-52-55-64(68)73-59-63(77-66(70)57-54-51-48-45-42-39-36-32-29-26-23-20-17-14-11-8-5-2)61-75-78(71,72)74-60-62(58-67)76-65(69)56-53-50-47-44-41-38-34-27-24-21-18-15-12-9-6-3/h8-9,11-12,16-21,25-29,34,41,44,50,53,62-63,67H,4-7,10,13-15,22-24,30-33,35-40,42-43,45-49,51-52,54-61H2,1-3H3,(H,71,72)/b11-8-,12-9-,19-16-,20-17-,21-18-,28-25-,29-26-,34-27-,44-41-,53-50-. The third-order valence-corrected chi connectivity index (χ3v) is 13.3. The van der Waals surface area contributed by atoms with Gasteiger partial charge in [0.2, 0.25) is 0 Å². The van der Waals surface area contributed by atoms with Crippen LogP contribution in [0, 0.1) is 0 Å². The second kappa shape index (κ2) is 59.0. The van der Waals surface area contributed by atoms with Gasteiger partial charge in [0.1, 0.15) is 12.7 Å². The molecule has 0 amide bonds. The smallest absolute Gasteiger partial charge is 0.462 e. The largest absolute Gasteiger partial charge is 0.472 e. The number of phosphoric ester groups is 1. The molecule has 0 fully saturated rings. The van der Waals surface area contributed by atoms with E-state index in [4.69, 9.17) is 23.3 Å². The molecule has 0 aromatic heterocycles. The van der Waals surface area contributed by atoms with E-state index in [1.165, 1.54) is 57.8 Å². The Bertz CT molecular complexity index is 1770. The highest BCUT2D eigenvalue weighted by Crippen LogP contribution is 2.43. The van der Waals surface area contributed by atoms with E-state index < -0.39 is 57.8 Å². The number of carbonyl (C=O) groups excluding carboxylic acids is 3. The van der Waals surface area contributed by atoms with Crippen LogP contribution < -0.4 is 0 Å². The summed E-state index contributed by atoms with van der Waals surface area (Å²) in [6, 6.07) is 0. The fraction of sp³-hybridized carbons (Fsp3) is 0.652. The number of unbranched alkanes of at least 4 members (excludes halogenated alkanes) is 19. The predicted octanol–water partition coefficient (Wildman–Crippen LogP) is 18.4. The molecule has 444 valence electrons. The Morgan fingerprint density at radius 2 is 0.718 bits per heavy atom. The molecule has 0 aliphatic rings. The van der Waals surface area contributed by atoms with E-state index >= 15 is 0 Å². The third-order valence-electron chi connectivity index (χ3n) is 12.4. The number of esters is 3. The van der Waals surface area contributed by atoms with E-state index in [1.807, 2.05) is 18.2 Å². The first-order valence-electron chi connectivity index (χ1n) is 30.4. The van der Waals surface area contributed by atoms with Crippen molar-refractivity contribution >= 4 is 25.7 Å². The van der Waals surface area contributed by atoms with E-state index in [0.717, 1.165) is 122 Å². The minimum atomic E-state index is -4.79. The van der Waals surface area contributed by atoms with Crippen LogP contribution in [0.5, 0.6) is 0 Å². The fourth-order valence-electron chi connectivity index (χ4n) is 7.83. The highest BCUT2D eigenvalue weighted by Gasteiger charge is 2.28. The van der Waals surface area contributed by atoms with Gasteiger partial charge < -0.3 is 24.2 Å². The van der Waals surface area contributed by atoms with Crippen molar-refractivity contribution in [3.63, 3.8) is 0 Å². The molecule has 0 saturated carbocycles. The zero-order valence-electron chi connectivity index (χ0n) is 49.1. The van der Waals surface area contributed by atoms with E-state index in [0.29, 0.717) is 19.3 Å². The van der Waals surface area contributed by atoms with Gasteiger partial charge in [-0.05, 0) is 109 Å². The number of aliphatic hydroxyl groups is 1. The van der Waals surface area contributed by atoms with Crippen LogP contribution in [0.2, 0.25) is 0 Å². The summed E-state index contributed by atoms with van der Waals surface area (Å²) in [6.07, 6.45) is 73.2. The van der Waals surface area contributed by atoms with E-state index in [1.54, 1.807) is 6.08 Å². The summed E-state index contributed by atoms with van der Waals surface area (Å²) in [4.78, 5) is 48.6. The number of ether oxygens (including phenoxy) is 3. The number of rotatable bonds is 55. The van der Waals surface area contributed by atoms with E-state index in [-0.39, 0.29) is 25.9 Å². The van der Waals surface area contributed by atoms with Crippen LogP contribution in [-0.2, 0) is 42.2 Å². The minimum Gasteiger partial charge on any atom is -0.462 e. The van der Waals surface area contributed by atoms with Crippen molar-refractivity contribution in [2.24, 2.45) is 0 Å². The first kappa shape index (κ1) is 73.9. The maximum Gasteiger partial charge on any atom is 0.472 e. The lowest BCUT2D eigenvalue weighted by Crippen LogP contribution is -2.30. The maximum atomic E-state index is 12.9. The molecule has 78 heavy (non-hydrogen) atoms. The van der Waals surface area contributed by atoms with Gasteiger partial charge in [0.05, 0.1) is 26.2 Å². The number of carbonyl (C=O) groups is 3. The van der Waals surface area contributed by atoms with Gasteiger partial charge in [0, 0.05) is 12.8 Å². The molecule has 11 nitrogen and oxygen atoms in total. The summed E-state index contributed by atoms with van der Waals surface area (Å²) in [5.74, 6) is -1.62. The van der Waals surface area contributed by atoms with Crippen molar-refractivity contribution in [3.8, 4) is 0 Å². The zero-order valence-corrected chi connectivity index (χ0v) is 50.0. The predicted molar refractivity (Wildman–Crippen MR) is 325 cm³/mol. The first-order chi connectivity index (χ1) is 38.2. The fourth-order valence-corrected chi connectivity index (χ4v) is 8.61. The van der Waals surface area contributed by atoms with Gasteiger partial charge >= 0.3 is 25.7 Å². The van der Waals surface area contributed by atoms with Gasteiger partial charge in [-0.2, -0.15) is 0 Å². The SMILES string of the molecule is CC/C=C\C/C=C\C/C=C\C/C=C\C/C=C\CC(=O)OC(CO)COP(=O)(O)OCC(COC(=O)CCCCCCCCCCC/C=C\C/C=C\CCCCC)OC(=O)CCCCCCCCC/C=C\C/C=C\C/C=C\CC. The Kier molecular flexibility index (Phi) is 55.9. The molecule has 0 radical (unpaired) electrons. The normalized spacial score (nSPS) is 14.2. The Balaban J connectivity index is 4.82. The number of hydrogen-bond donors (Lipinski definition) is 2. The molecule has 3 atom stereocenters. The first-order valence-corrected chi connectivity index (χ1v) is 31.9. The van der Waals surface area contributed by atoms with Crippen LogP contribution in [0.25, 0.3) is 0 Å². The summed E-state index contributed by atoms with van der Waals surface area (Å²) >= 11 is 0. The van der Waals surface area contributed by atoms with Crippen LogP contribution in [-0.4, -0.2) is 66.5 Å². The Labute approximate surface area is 475 Å². The van der Waals surface area contributed by atoms with Crippen molar-refractivity contribution < 1.29 is 52.2 Å². The Morgan fingerprint density at radius 3 is 1.13 bits per heavy atom. The van der Waals surface area contributed by atoms with Gasteiger partial charge in [0.15, 0.2) is 6.10 Å². The molecule has 0 bridgehead atoms. The molecule has 0 heterocycles. The molecule has 2 N–H and O–H groups in total. The quantitative estimate of drug-likeness (QED) is 0.0197. The van der Waals surface area contributed by atoms with Crippen LogP contribution in [0.15, 0.2) is 122 Å². The lowest BCUT2D eigenvalue weighted by molar-refractivity contribution is -0.161. The van der Waals surface area contributed by atoms with Gasteiger partial charge in [-0.1, -0.05) is 232 Å². The molecular weight excluding hydrogens is 1000 g/mol. The lowest BCUT2D eigenvalue weighted by Gasteiger charge is -2.21. The van der Waals surface area contributed by atoms with Crippen LogP contribution in [0.4, 0.5) is 0 Å². The van der Waals surface area contributed by atoms with Crippen LogP contribution in [0.3, 0.4) is 0 Å².